The van der Waals surface area contributed by atoms with Crippen molar-refractivity contribution in [1.29, 1.82) is 0 Å². The van der Waals surface area contributed by atoms with Crippen LogP contribution in [0.3, 0.4) is 0 Å². The van der Waals surface area contributed by atoms with E-state index in [0.29, 0.717) is 13.1 Å². The Bertz CT molecular complexity index is 402. The topological polar surface area (TPSA) is 56.2 Å². The van der Waals surface area contributed by atoms with Gasteiger partial charge in [-0.25, -0.2) is 0 Å². The molecule has 0 radical (unpaired) electrons. The second-order valence-electron chi connectivity index (χ2n) is 4.66. The fourth-order valence-electron chi connectivity index (χ4n) is 2.00. The van der Waals surface area contributed by atoms with Crippen LogP contribution >= 0.6 is 15.9 Å². The van der Waals surface area contributed by atoms with Gasteiger partial charge in [-0.05, 0) is 28.8 Å². The maximum absolute atomic E-state index is 11.9. The molecule has 1 aromatic rings. The lowest BCUT2D eigenvalue weighted by molar-refractivity contribution is -0.125. The van der Waals surface area contributed by atoms with Gasteiger partial charge in [0.2, 0.25) is 5.91 Å². The average Bonchev–Trinajstić information content (AvgIpc) is 2.97. The third-order valence-corrected chi connectivity index (χ3v) is 3.45. The van der Waals surface area contributed by atoms with Crippen LogP contribution < -0.4 is 5.32 Å². The molecular formula is C12H18BrN3O2. The Morgan fingerprint density at radius 3 is 3.22 bits per heavy atom. The molecule has 0 aromatic carbocycles. The molecule has 1 fully saturated rings. The van der Waals surface area contributed by atoms with Gasteiger partial charge in [-0.15, -0.1) is 0 Å². The second kappa shape index (κ2) is 6.33. The van der Waals surface area contributed by atoms with E-state index in [1.165, 1.54) is 0 Å². The number of nitrogens with one attached hydrogen (secondary N) is 1. The zero-order valence-electron chi connectivity index (χ0n) is 10.4. The standard InChI is InChI=1S/C12H18BrN3O2/c1-9(7-16-8-10(13)5-15-16)12(17)14-6-11-3-2-4-18-11/h5,8-9,11H,2-4,6-7H2,1H3,(H,14,17)/t9-,11+/m0/s1. The van der Waals surface area contributed by atoms with Gasteiger partial charge < -0.3 is 10.1 Å². The number of carbonyl (C=O) groups is 1. The number of hydrogen-bond donors (Lipinski definition) is 1. The Morgan fingerprint density at radius 2 is 2.61 bits per heavy atom. The fourth-order valence-corrected chi connectivity index (χ4v) is 2.32. The van der Waals surface area contributed by atoms with Crippen LogP contribution in [0.1, 0.15) is 19.8 Å². The highest BCUT2D eigenvalue weighted by atomic mass is 79.9. The van der Waals surface area contributed by atoms with Crippen LogP contribution in [0.4, 0.5) is 0 Å². The lowest BCUT2D eigenvalue weighted by Crippen LogP contribution is -2.36. The highest BCUT2D eigenvalue weighted by molar-refractivity contribution is 9.10. The van der Waals surface area contributed by atoms with Gasteiger partial charge in [-0.1, -0.05) is 6.92 Å². The van der Waals surface area contributed by atoms with Gasteiger partial charge in [0.05, 0.1) is 29.2 Å². The molecule has 0 saturated carbocycles. The van der Waals surface area contributed by atoms with Crippen molar-refractivity contribution in [2.45, 2.75) is 32.4 Å². The Morgan fingerprint density at radius 1 is 1.78 bits per heavy atom. The number of amides is 1. The summed E-state index contributed by atoms with van der Waals surface area (Å²) in [5.41, 5.74) is 0. The molecule has 2 rings (SSSR count). The number of rotatable bonds is 5. The number of carbonyl (C=O) groups excluding carboxylic acids is 1. The molecule has 18 heavy (non-hydrogen) atoms. The van der Waals surface area contributed by atoms with Crippen molar-refractivity contribution >= 4 is 21.8 Å². The fraction of sp³-hybridized carbons (Fsp3) is 0.667. The van der Waals surface area contributed by atoms with E-state index >= 15 is 0 Å². The summed E-state index contributed by atoms with van der Waals surface area (Å²) in [5.74, 6) is -0.0460. The van der Waals surface area contributed by atoms with Gasteiger partial charge in [0.1, 0.15) is 0 Å². The lowest BCUT2D eigenvalue weighted by atomic mass is 10.1. The van der Waals surface area contributed by atoms with Gasteiger partial charge in [0.25, 0.3) is 0 Å². The van der Waals surface area contributed by atoms with E-state index in [-0.39, 0.29) is 17.9 Å². The van der Waals surface area contributed by atoms with Gasteiger partial charge in [-0.2, -0.15) is 5.10 Å². The van der Waals surface area contributed by atoms with E-state index in [9.17, 15) is 4.79 Å². The van der Waals surface area contributed by atoms with Gasteiger partial charge in [0, 0.05) is 19.3 Å². The molecule has 1 amide bonds. The van der Waals surface area contributed by atoms with E-state index in [4.69, 9.17) is 4.74 Å². The molecular weight excluding hydrogens is 298 g/mol. The van der Waals surface area contributed by atoms with Crippen molar-refractivity contribution < 1.29 is 9.53 Å². The summed E-state index contributed by atoms with van der Waals surface area (Å²) in [4.78, 5) is 11.9. The first-order valence-electron chi connectivity index (χ1n) is 6.22. The summed E-state index contributed by atoms with van der Waals surface area (Å²) in [7, 11) is 0. The van der Waals surface area contributed by atoms with Crippen LogP contribution in [0, 0.1) is 5.92 Å². The largest absolute Gasteiger partial charge is 0.376 e. The minimum atomic E-state index is -0.0989. The van der Waals surface area contributed by atoms with Crippen LogP contribution in [0.5, 0.6) is 0 Å². The monoisotopic (exact) mass is 315 g/mol. The summed E-state index contributed by atoms with van der Waals surface area (Å²) < 4.78 is 8.16. The Labute approximate surface area is 115 Å². The van der Waals surface area contributed by atoms with Crippen molar-refractivity contribution in [3.63, 3.8) is 0 Å². The van der Waals surface area contributed by atoms with Crippen molar-refractivity contribution in [3.8, 4) is 0 Å². The minimum Gasteiger partial charge on any atom is -0.376 e. The van der Waals surface area contributed by atoms with E-state index < -0.39 is 0 Å². The van der Waals surface area contributed by atoms with Crippen LogP contribution in [-0.2, 0) is 16.1 Å². The third-order valence-electron chi connectivity index (χ3n) is 3.04. The van der Waals surface area contributed by atoms with E-state index in [1.807, 2.05) is 13.1 Å². The van der Waals surface area contributed by atoms with Gasteiger partial charge in [-0.3, -0.25) is 9.48 Å². The molecule has 1 aliphatic heterocycles. The first-order valence-corrected chi connectivity index (χ1v) is 7.01. The highest BCUT2D eigenvalue weighted by Gasteiger charge is 2.19. The van der Waals surface area contributed by atoms with Crippen molar-refractivity contribution in [3.05, 3.63) is 16.9 Å². The molecule has 1 aliphatic rings. The van der Waals surface area contributed by atoms with Crippen molar-refractivity contribution in [2.24, 2.45) is 5.92 Å². The van der Waals surface area contributed by atoms with E-state index in [2.05, 4.69) is 26.3 Å². The number of halogens is 1. The summed E-state index contributed by atoms with van der Waals surface area (Å²) >= 11 is 3.33. The smallest absolute Gasteiger partial charge is 0.224 e. The molecule has 2 atom stereocenters. The van der Waals surface area contributed by atoms with E-state index in [0.717, 1.165) is 23.9 Å². The first kappa shape index (κ1) is 13.5. The van der Waals surface area contributed by atoms with Crippen LogP contribution in [0.2, 0.25) is 0 Å². The van der Waals surface area contributed by atoms with Crippen LogP contribution in [0.15, 0.2) is 16.9 Å². The predicted octanol–water partition coefficient (Wildman–Crippen LogP) is 1.58. The average molecular weight is 316 g/mol. The first-order chi connectivity index (χ1) is 8.65. The quantitative estimate of drug-likeness (QED) is 0.897. The molecule has 0 bridgehead atoms. The summed E-state index contributed by atoms with van der Waals surface area (Å²) in [6, 6.07) is 0. The maximum Gasteiger partial charge on any atom is 0.224 e. The molecule has 1 N–H and O–H groups in total. The van der Waals surface area contributed by atoms with Gasteiger partial charge in [0.15, 0.2) is 0 Å². The molecule has 0 spiro atoms. The highest BCUT2D eigenvalue weighted by Crippen LogP contribution is 2.11. The third kappa shape index (κ3) is 3.81. The molecule has 1 saturated heterocycles. The van der Waals surface area contributed by atoms with Crippen LogP contribution in [0.25, 0.3) is 0 Å². The molecule has 6 heteroatoms. The summed E-state index contributed by atoms with van der Waals surface area (Å²) in [6.07, 6.45) is 5.92. The molecule has 1 aromatic heterocycles. The van der Waals surface area contributed by atoms with Gasteiger partial charge >= 0.3 is 0 Å². The zero-order valence-corrected chi connectivity index (χ0v) is 12.0. The van der Waals surface area contributed by atoms with E-state index in [1.54, 1.807) is 10.9 Å². The summed E-state index contributed by atoms with van der Waals surface area (Å²) in [6.45, 7) is 3.92. The summed E-state index contributed by atoms with van der Waals surface area (Å²) in [5, 5.41) is 7.08. The molecule has 2 heterocycles. The number of nitrogens with zero attached hydrogens (tertiary/aromatic N) is 2. The SMILES string of the molecule is C[C@@H](Cn1cc(Br)cn1)C(=O)NC[C@H]1CCCO1. The number of ether oxygens (including phenoxy) is 1. The Hall–Kier alpha value is -0.880. The lowest BCUT2D eigenvalue weighted by Gasteiger charge is -2.14. The van der Waals surface area contributed by atoms with Crippen molar-refractivity contribution in [1.82, 2.24) is 15.1 Å². The molecule has 0 unspecified atom stereocenters. The van der Waals surface area contributed by atoms with Crippen molar-refractivity contribution in [2.75, 3.05) is 13.2 Å². The maximum atomic E-state index is 11.9. The van der Waals surface area contributed by atoms with Crippen LogP contribution in [-0.4, -0.2) is 34.9 Å². The Kier molecular flexibility index (Phi) is 4.77. The number of aromatic nitrogens is 2. The molecule has 0 aliphatic carbocycles. The zero-order chi connectivity index (χ0) is 13.0. The minimum absolute atomic E-state index is 0.0529. The normalized spacial score (nSPS) is 20.9. The second-order valence-corrected chi connectivity index (χ2v) is 5.58. The number of hydrogen-bond acceptors (Lipinski definition) is 3. The Balaban J connectivity index is 1.74. The molecule has 100 valence electrons. The predicted molar refractivity (Wildman–Crippen MR) is 71.1 cm³/mol. The molecule has 5 nitrogen and oxygen atoms in total.